The van der Waals surface area contributed by atoms with E-state index in [-0.39, 0.29) is 17.5 Å². The van der Waals surface area contributed by atoms with Crippen LogP contribution >= 0.6 is 0 Å². The van der Waals surface area contributed by atoms with Crippen molar-refractivity contribution in [1.82, 2.24) is 5.32 Å². The van der Waals surface area contributed by atoms with Crippen LogP contribution in [-0.2, 0) is 4.79 Å². The van der Waals surface area contributed by atoms with E-state index in [1.807, 2.05) is 0 Å². The van der Waals surface area contributed by atoms with Crippen molar-refractivity contribution in [3.63, 3.8) is 0 Å². The van der Waals surface area contributed by atoms with Crippen molar-refractivity contribution in [3.8, 4) is 0 Å². The summed E-state index contributed by atoms with van der Waals surface area (Å²) in [6.07, 6.45) is -0.975. The molecular weight excluding hydrogens is 226 g/mol. The van der Waals surface area contributed by atoms with E-state index in [4.69, 9.17) is 5.41 Å². The van der Waals surface area contributed by atoms with Crippen LogP contribution in [0.1, 0.15) is 6.92 Å². The molecule has 0 radical (unpaired) electrons. The molecule has 2 aliphatic rings. The molecule has 90 valence electrons. The van der Waals surface area contributed by atoms with E-state index in [0.717, 1.165) is 0 Å². The highest BCUT2D eigenvalue weighted by molar-refractivity contribution is 6.38. The van der Waals surface area contributed by atoms with Gasteiger partial charge < -0.3 is 10.2 Å². The number of guanidine groups is 1. The maximum absolute atomic E-state index is 11.5. The topological polar surface area (TPSA) is 130 Å². The summed E-state index contributed by atoms with van der Waals surface area (Å²) in [5.41, 5.74) is 0.118. The number of fused-ring (bicyclic) bond motifs is 1. The van der Waals surface area contributed by atoms with Crippen molar-refractivity contribution in [2.75, 3.05) is 0 Å². The maximum atomic E-state index is 11.5. The molecule has 1 amide bonds. The van der Waals surface area contributed by atoms with Crippen molar-refractivity contribution in [1.29, 1.82) is 5.41 Å². The molecule has 0 aliphatic carbocycles. The smallest absolute Gasteiger partial charge is 0.259 e. The Morgan fingerprint density at radius 3 is 2.88 bits per heavy atom. The molecule has 4 N–H and O–H groups in total. The van der Waals surface area contributed by atoms with Gasteiger partial charge >= 0.3 is 0 Å². The number of aliphatic hydroxyl groups excluding tert-OH is 2. The zero-order chi connectivity index (χ0) is 12.6. The van der Waals surface area contributed by atoms with Gasteiger partial charge in [0.25, 0.3) is 5.91 Å². The van der Waals surface area contributed by atoms with E-state index in [2.05, 4.69) is 20.3 Å². The third-order valence-corrected chi connectivity index (χ3v) is 2.33. The zero-order valence-corrected chi connectivity index (χ0v) is 8.95. The number of aliphatic hydroxyl groups is 2. The van der Waals surface area contributed by atoms with Gasteiger partial charge in [0.15, 0.2) is 11.9 Å². The van der Waals surface area contributed by atoms with E-state index >= 15 is 0 Å². The Bertz CT molecular complexity index is 465. The standard InChI is InChI=1S/C9H11N5O3/c1-3(15)6(16)4-2-11-7-5(12-4)8(17)14-9(10)13-7/h2-3,5-6,15-16H,1H3,(H2,10,14,17). The van der Waals surface area contributed by atoms with Crippen molar-refractivity contribution >= 4 is 29.6 Å². The normalized spacial score (nSPS) is 26.6. The number of nitrogens with one attached hydrogen (secondary N) is 2. The highest BCUT2D eigenvalue weighted by atomic mass is 16.3. The molecular formula is C9H11N5O3. The minimum atomic E-state index is -1.20. The Morgan fingerprint density at radius 2 is 2.24 bits per heavy atom. The highest BCUT2D eigenvalue weighted by Gasteiger charge is 2.33. The number of nitrogens with zero attached hydrogens (tertiary/aromatic N) is 3. The average Bonchev–Trinajstić information content (AvgIpc) is 2.27. The van der Waals surface area contributed by atoms with Crippen LogP contribution in [0.15, 0.2) is 15.0 Å². The molecule has 17 heavy (non-hydrogen) atoms. The van der Waals surface area contributed by atoms with Gasteiger partial charge in [0, 0.05) is 0 Å². The Labute approximate surface area is 96.3 Å². The number of amides is 1. The van der Waals surface area contributed by atoms with Gasteiger partial charge in [0.05, 0.1) is 18.0 Å². The van der Waals surface area contributed by atoms with Gasteiger partial charge in [0.1, 0.15) is 6.10 Å². The fraction of sp³-hybridized carbons (Fsp3) is 0.444. The SMILES string of the molecule is CC(O)C(O)C1=NC2C(=O)NC(=N)N=C2N=C1. The summed E-state index contributed by atoms with van der Waals surface area (Å²) in [5, 5.41) is 28.2. The summed E-state index contributed by atoms with van der Waals surface area (Å²) in [6.45, 7) is 1.40. The molecule has 0 aromatic rings. The van der Waals surface area contributed by atoms with Crippen LogP contribution in [0, 0.1) is 5.41 Å². The van der Waals surface area contributed by atoms with Gasteiger partial charge in [0.2, 0.25) is 5.96 Å². The van der Waals surface area contributed by atoms with E-state index in [1.165, 1.54) is 13.1 Å². The number of hydrogen-bond donors (Lipinski definition) is 4. The van der Waals surface area contributed by atoms with Crippen molar-refractivity contribution < 1.29 is 15.0 Å². The summed E-state index contributed by atoms with van der Waals surface area (Å²) in [5.74, 6) is -0.694. The van der Waals surface area contributed by atoms with Gasteiger partial charge in [-0.05, 0) is 6.92 Å². The van der Waals surface area contributed by atoms with Crippen LogP contribution in [0.4, 0.5) is 0 Å². The quantitative estimate of drug-likeness (QED) is 0.446. The average molecular weight is 237 g/mol. The lowest BCUT2D eigenvalue weighted by Crippen LogP contribution is -2.49. The van der Waals surface area contributed by atoms with Gasteiger partial charge in [-0.15, -0.1) is 0 Å². The van der Waals surface area contributed by atoms with Gasteiger partial charge in [-0.3, -0.25) is 20.5 Å². The van der Waals surface area contributed by atoms with Gasteiger partial charge in [-0.2, -0.15) is 4.99 Å². The summed E-state index contributed by atoms with van der Waals surface area (Å²) in [7, 11) is 0. The molecule has 3 unspecified atom stereocenters. The molecule has 0 fully saturated rings. The predicted molar refractivity (Wildman–Crippen MR) is 60.7 cm³/mol. The van der Waals surface area contributed by atoms with Crippen LogP contribution in [0.3, 0.4) is 0 Å². The molecule has 0 aromatic heterocycles. The lowest BCUT2D eigenvalue weighted by molar-refractivity contribution is -0.119. The van der Waals surface area contributed by atoms with Gasteiger partial charge in [-0.25, -0.2) is 4.99 Å². The van der Waals surface area contributed by atoms with Crippen molar-refractivity contribution in [2.24, 2.45) is 15.0 Å². The first kappa shape index (κ1) is 11.6. The molecule has 2 rings (SSSR count). The van der Waals surface area contributed by atoms with Gasteiger partial charge in [-0.1, -0.05) is 0 Å². The predicted octanol–water partition coefficient (Wildman–Crippen LogP) is -1.91. The second-order valence-electron chi connectivity index (χ2n) is 3.71. The highest BCUT2D eigenvalue weighted by Crippen LogP contribution is 2.10. The third kappa shape index (κ3) is 2.12. The lowest BCUT2D eigenvalue weighted by atomic mass is 10.1. The number of rotatable bonds is 2. The van der Waals surface area contributed by atoms with E-state index in [0.29, 0.717) is 0 Å². The molecule has 3 atom stereocenters. The summed E-state index contributed by atoms with van der Waals surface area (Å²) in [4.78, 5) is 23.0. The molecule has 2 aliphatic heterocycles. The zero-order valence-electron chi connectivity index (χ0n) is 8.95. The Hall–Kier alpha value is -1.93. The fourth-order valence-electron chi connectivity index (χ4n) is 1.44. The molecule has 0 bridgehead atoms. The summed E-state index contributed by atoms with van der Waals surface area (Å²) >= 11 is 0. The molecule has 8 heteroatoms. The van der Waals surface area contributed by atoms with Crippen LogP contribution < -0.4 is 5.32 Å². The largest absolute Gasteiger partial charge is 0.390 e. The second-order valence-corrected chi connectivity index (χ2v) is 3.71. The first-order chi connectivity index (χ1) is 7.99. The fourth-order valence-corrected chi connectivity index (χ4v) is 1.44. The first-order valence-corrected chi connectivity index (χ1v) is 4.95. The van der Waals surface area contributed by atoms with Crippen molar-refractivity contribution in [2.45, 2.75) is 25.2 Å². The van der Waals surface area contributed by atoms with Crippen LogP contribution in [0.2, 0.25) is 0 Å². The monoisotopic (exact) mass is 237 g/mol. The Balaban J connectivity index is 2.31. The van der Waals surface area contributed by atoms with E-state index < -0.39 is 24.2 Å². The van der Waals surface area contributed by atoms with Crippen LogP contribution in [-0.4, -0.2) is 58.1 Å². The summed E-state index contributed by atoms with van der Waals surface area (Å²) in [6, 6.07) is -0.961. The van der Waals surface area contributed by atoms with E-state index in [1.54, 1.807) is 0 Å². The van der Waals surface area contributed by atoms with Crippen LogP contribution in [0.25, 0.3) is 0 Å². The molecule has 2 heterocycles. The lowest BCUT2D eigenvalue weighted by Gasteiger charge is -2.23. The number of hydrogen-bond acceptors (Lipinski definition) is 6. The molecule has 0 aromatic carbocycles. The minimum Gasteiger partial charge on any atom is -0.390 e. The number of aliphatic imine (C=N–C) groups is 3. The first-order valence-electron chi connectivity index (χ1n) is 4.95. The number of carbonyl (C=O) groups is 1. The number of amidine groups is 1. The molecule has 0 saturated carbocycles. The summed E-state index contributed by atoms with van der Waals surface area (Å²) < 4.78 is 0. The van der Waals surface area contributed by atoms with E-state index in [9.17, 15) is 15.0 Å². The molecule has 0 spiro atoms. The Morgan fingerprint density at radius 1 is 1.53 bits per heavy atom. The third-order valence-electron chi connectivity index (χ3n) is 2.33. The Kier molecular flexibility index (Phi) is 2.82. The molecule has 0 saturated heterocycles. The number of carbonyl (C=O) groups excluding carboxylic acids is 1. The van der Waals surface area contributed by atoms with Crippen LogP contribution in [0.5, 0.6) is 0 Å². The maximum Gasteiger partial charge on any atom is 0.259 e. The second kappa shape index (κ2) is 4.15. The molecule has 8 nitrogen and oxygen atoms in total. The van der Waals surface area contributed by atoms with Crippen molar-refractivity contribution in [3.05, 3.63) is 0 Å². The minimum absolute atomic E-state index is 0.111.